The van der Waals surface area contributed by atoms with E-state index in [9.17, 15) is 13.2 Å². The van der Waals surface area contributed by atoms with Gasteiger partial charge in [0, 0.05) is 29.1 Å². The van der Waals surface area contributed by atoms with Gasteiger partial charge in [0.05, 0.1) is 0 Å². The van der Waals surface area contributed by atoms with Crippen molar-refractivity contribution in [3.8, 4) is 0 Å². The molecular weight excluding hydrogens is 305 g/mol. The topological polar surface area (TPSA) is 38.0 Å². The lowest BCUT2D eigenvalue weighted by Gasteiger charge is -2.15. The fraction of sp³-hybridized carbons (Fsp3) is 0.462. The zero-order chi connectivity index (χ0) is 15.2. The van der Waals surface area contributed by atoms with Gasteiger partial charge < -0.3 is 11.1 Å². The third-order valence-electron chi connectivity index (χ3n) is 2.52. The van der Waals surface area contributed by atoms with Crippen molar-refractivity contribution in [3.63, 3.8) is 0 Å². The van der Waals surface area contributed by atoms with Gasteiger partial charge in [0.15, 0.2) is 0 Å². The minimum Gasteiger partial charge on any atom is -0.389 e. The minimum atomic E-state index is -4.12. The van der Waals surface area contributed by atoms with Crippen LogP contribution in [0.4, 0.5) is 18.9 Å². The van der Waals surface area contributed by atoms with E-state index >= 15 is 0 Å². The van der Waals surface area contributed by atoms with Crippen molar-refractivity contribution in [2.45, 2.75) is 30.8 Å². The molecule has 0 heterocycles. The first-order valence-electron chi connectivity index (χ1n) is 6.21. The first kappa shape index (κ1) is 17.1. The van der Waals surface area contributed by atoms with Gasteiger partial charge in [-0.25, -0.2) is 0 Å². The molecule has 0 amide bonds. The Morgan fingerprint density at radius 2 is 2.10 bits per heavy atom. The molecule has 1 aromatic rings. The molecule has 0 bridgehead atoms. The molecule has 7 heteroatoms. The van der Waals surface area contributed by atoms with Crippen LogP contribution >= 0.6 is 24.0 Å². The Bertz CT molecular complexity index is 461. The van der Waals surface area contributed by atoms with Gasteiger partial charge in [0.1, 0.15) is 4.99 Å². The maximum Gasteiger partial charge on any atom is 0.389 e. The minimum absolute atomic E-state index is 0.0193. The van der Waals surface area contributed by atoms with E-state index in [4.69, 9.17) is 18.0 Å². The number of nitrogens with two attached hydrogens (primary N) is 1. The largest absolute Gasteiger partial charge is 0.389 e. The maximum absolute atomic E-state index is 12.1. The van der Waals surface area contributed by atoms with Gasteiger partial charge in [-0.3, -0.25) is 0 Å². The zero-order valence-corrected chi connectivity index (χ0v) is 12.7. The number of benzene rings is 1. The summed E-state index contributed by atoms with van der Waals surface area (Å²) in [6.07, 6.45) is -4.90. The van der Waals surface area contributed by atoms with Gasteiger partial charge in [-0.1, -0.05) is 25.2 Å². The summed E-state index contributed by atoms with van der Waals surface area (Å²) in [5.41, 5.74) is 7.12. The second kappa shape index (κ2) is 7.73. The van der Waals surface area contributed by atoms with Crippen molar-refractivity contribution in [2.75, 3.05) is 17.6 Å². The smallest absolute Gasteiger partial charge is 0.389 e. The van der Waals surface area contributed by atoms with Crippen molar-refractivity contribution in [3.05, 3.63) is 23.8 Å². The summed E-state index contributed by atoms with van der Waals surface area (Å²) in [5.74, 6) is 0.868. The molecule has 1 rings (SSSR count). The summed E-state index contributed by atoms with van der Waals surface area (Å²) in [6.45, 7) is 2.24. The Morgan fingerprint density at radius 1 is 1.40 bits per heavy atom. The summed E-state index contributed by atoms with van der Waals surface area (Å²) in [5, 5.41) is 2.99. The molecule has 0 aliphatic heterocycles. The molecule has 1 aromatic carbocycles. The molecular formula is C13H17F3N2S2. The standard InChI is InChI=1S/C13H17F3N2S2/c1-2-20-10-6-3-5-9(11(10)12(17)19)18-8-4-7-13(14,15)16/h3,5-6,18H,2,4,7-8H2,1H3,(H2,17,19). The fourth-order valence-electron chi connectivity index (χ4n) is 1.72. The molecule has 0 spiro atoms. The number of halogens is 3. The predicted molar refractivity (Wildman–Crippen MR) is 82.5 cm³/mol. The zero-order valence-electron chi connectivity index (χ0n) is 11.1. The van der Waals surface area contributed by atoms with Crippen molar-refractivity contribution in [1.82, 2.24) is 0 Å². The Balaban J connectivity index is 2.74. The second-order valence-electron chi connectivity index (χ2n) is 4.12. The summed E-state index contributed by atoms with van der Waals surface area (Å²) in [4.78, 5) is 1.20. The van der Waals surface area contributed by atoms with Crippen LogP contribution in [0, 0.1) is 0 Å². The summed E-state index contributed by atoms with van der Waals surface area (Å²) in [7, 11) is 0. The van der Waals surface area contributed by atoms with E-state index < -0.39 is 12.6 Å². The quantitative estimate of drug-likeness (QED) is 0.448. The number of hydrogen-bond donors (Lipinski definition) is 2. The predicted octanol–water partition coefficient (Wildman–Crippen LogP) is 4.19. The molecule has 0 aliphatic rings. The Morgan fingerprint density at radius 3 is 2.65 bits per heavy atom. The number of rotatable bonds is 7. The van der Waals surface area contributed by atoms with Crippen LogP contribution in [0.15, 0.2) is 23.1 Å². The van der Waals surface area contributed by atoms with Gasteiger partial charge >= 0.3 is 6.18 Å². The van der Waals surface area contributed by atoms with Crippen molar-refractivity contribution in [2.24, 2.45) is 5.73 Å². The molecule has 0 saturated carbocycles. The Labute approximate surface area is 126 Å². The van der Waals surface area contributed by atoms with Gasteiger partial charge in [-0.2, -0.15) is 13.2 Å². The molecule has 0 saturated heterocycles. The van der Waals surface area contributed by atoms with E-state index in [1.165, 1.54) is 0 Å². The second-order valence-corrected chi connectivity index (χ2v) is 5.87. The average molecular weight is 322 g/mol. The SMILES string of the molecule is CCSc1cccc(NCCCC(F)(F)F)c1C(N)=S. The molecule has 0 radical (unpaired) electrons. The third kappa shape index (κ3) is 5.58. The highest BCUT2D eigenvalue weighted by Gasteiger charge is 2.25. The molecule has 3 N–H and O–H groups in total. The molecule has 112 valence electrons. The van der Waals surface area contributed by atoms with Crippen LogP contribution in [0.2, 0.25) is 0 Å². The number of thiocarbonyl (C=S) groups is 1. The van der Waals surface area contributed by atoms with E-state index in [0.717, 1.165) is 10.6 Å². The molecule has 0 atom stereocenters. The normalized spacial score (nSPS) is 11.4. The van der Waals surface area contributed by atoms with Crippen molar-refractivity contribution >= 4 is 34.7 Å². The Hall–Kier alpha value is -0.950. The summed E-state index contributed by atoms with van der Waals surface area (Å²) < 4.78 is 36.2. The van der Waals surface area contributed by atoms with Crippen LogP contribution in [0.25, 0.3) is 0 Å². The van der Waals surface area contributed by atoms with Crippen LogP contribution in [-0.4, -0.2) is 23.5 Å². The number of hydrogen-bond acceptors (Lipinski definition) is 3. The monoisotopic (exact) mass is 322 g/mol. The molecule has 0 unspecified atom stereocenters. The van der Waals surface area contributed by atoms with E-state index in [1.54, 1.807) is 17.8 Å². The molecule has 0 fully saturated rings. The van der Waals surface area contributed by atoms with E-state index in [1.807, 2.05) is 19.1 Å². The van der Waals surface area contributed by atoms with Crippen LogP contribution in [0.3, 0.4) is 0 Å². The maximum atomic E-state index is 12.1. The van der Waals surface area contributed by atoms with E-state index in [0.29, 0.717) is 11.3 Å². The van der Waals surface area contributed by atoms with Crippen molar-refractivity contribution in [1.29, 1.82) is 0 Å². The molecule has 2 nitrogen and oxygen atoms in total. The highest BCUT2D eigenvalue weighted by atomic mass is 32.2. The van der Waals surface area contributed by atoms with E-state index in [-0.39, 0.29) is 18.0 Å². The third-order valence-corrected chi connectivity index (χ3v) is 3.67. The first-order chi connectivity index (χ1) is 9.35. The van der Waals surface area contributed by atoms with Gasteiger partial charge in [0.25, 0.3) is 0 Å². The van der Waals surface area contributed by atoms with Gasteiger partial charge in [0.2, 0.25) is 0 Å². The summed E-state index contributed by atoms with van der Waals surface area (Å²) >= 11 is 6.63. The molecule has 20 heavy (non-hydrogen) atoms. The highest BCUT2D eigenvalue weighted by molar-refractivity contribution is 7.99. The van der Waals surface area contributed by atoms with Crippen molar-refractivity contribution < 1.29 is 13.2 Å². The number of anilines is 1. The average Bonchev–Trinajstić information content (AvgIpc) is 2.33. The lowest BCUT2D eigenvalue weighted by molar-refractivity contribution is -0.134. The van der Waals surface area contributed by atoms with Gasteiger partial charge in [-0.05, 0) is 24.3 Å². The van der Waals surface area contributed by atoms with E-state index in [2.05, 4.69) is 5.32 Å². The van der Waals surface area contributed by atoms with Crippen LogP contribution in [-0.2, 0) is 0 Å². The lowest BCUT2D eigenvalue weighted by atomic mass is 10.1. The first-order valence-corrected chi connectivity index (χ1v) is 7.60. The Kier molecular flexibility index (Phi) is 6.61. The molecule has 0 aromatic heterocycles. The van der Waals surface area contributed by atoms with Crippen LogP contribution in [0.1, 0.15) is 25.3 Å². The fourth-order valence-corrected chi connectivity index (χ4v) is 2.85. The number of thioether (sulfide) groups is 1. The molecule has 0 aliphatic carbocycles. The van der Waals surface area contributed by atoms with Gasteiger partial charge in [-0.15, -0.1) is 11.8 Å². The van der Waals surface area contributed by atoms with Crippen LogP contribution in [0.5, 0.6) is 0 Å². The van der Waals surface area contributed by atoms with Crippen LogP contribution < -0.4 is 11.1 Å². The highest BCUT2D eigenvalue weighted by Crippen LogP contribution is 2.29. The number of alkyl halides is 3. The number of nitrogens with one attached hydrogen (secondary N) is 1. The lowest BCUT2D eigenvalue weighted by Crippen LogP contribution is -2.16. The summed E-state index contributed by atoms with van der Waals surface area (Å²) in [6, 6.07) is 5.53.